The van der Waals surface area contributed by atoms with Crippen molar-refractivity contribution in [1.82, 2.24) is 5.32 Å². The standard InChI is InChI=1S/C23H30N2O3/c1-27-22-8-5-19(6-9-22)16-28-17-20-3-2-4-21(15-20)25-23(26)10-7-18-11-13-24-14-12-18/h2-6,8-9,15,18,24H,7,10-14,16-17H2,1H3,(H,25,26). The topological polar surface area (TPSA) is 59.6 Å². The minimum absolute atomic E-state index is 0.0924. The molecular formula is C23H30N2O3. The molecule has 0 atom stereocenters. The molecule has 28 heavy (non-hydrogen) atoms. The van der Waals surface area contributed by atoms with Crippen molar-refractivity contribution in [1.29, 1.82) is 0 Å². The summed E-state index contributed by atoms with van der Waals surface area (Å²) in [5, 5.41) is 6.38. The average molecular weight is 383 g/mol. The van der Waals surface area contributed by atoms with Crippen LogP contribution in [0.1, 0.15) is 36.8 Å². The molecule has 5 heteroatoms. The van der Waals surface area contributed by atoms with Crippen LogP contribution in [0.3, 0.4) is 0 Å². The average Bonchev–Trinajstić information content (AvgIpc) is 2.74. The second-order valence-corrected chi connectivity index (χ2v) is 7.32. The third kappa shape index (κ3) is 6.66. The number of carbonyl (C=O) groups is 1. The SMILES string of the molecule is COc1ccc(COCc2cccc(NC(=O)CCC3CCNCC3)c2)cc1. The molecule has 150 valence electrons. The Labute approximate surface area is 167 Å². The summed E-state index contributed by atoms with van der Waals surface area (Å²) in [7, 11) is 1.66. The van der Waals surface area contributed by atoms with Gasteiger partial charge in [0.05, 0.1) is 20.3 Å². The van der Waals surface area contributed by atoms with Gasteiger partial charge in [-0.15, -0.1) is 0 Å². The zero-order chi connectivity index (χ0) is 19.6. The molecule has 1 aliphatic rings. The predicted molar refractivity (Wildman–Crippen MR) is 111 cm³/mol. The van der Waals surface area contributed by atoms with Gasteiger partial charge >= 0.3 is 0 Å². The van der Waals surface area contributed by atoms with E-state index in [4.69, 9.17) is 9.47 Å². The maximum atomic E-state index is 12.2. The van der Waals surface area contributed by atoms with Gasteiger partial charge in [0.1, 0.15) is 5.75 Å². The van der Waals surface area contributed by atoms with Gasteiger partial charge in [0.15, 0.2) is 0 Å². The summed E-state index contributed by atoms with van der Waals surface area (Å²) >= 11 is 0. The molecule has 3 rings (SSSR count). The van der Waals surface area contributed by atoms with Crippen molar-refractivity contribution in [3.05, 3.63) is 59.7 Å². The lowest BCUT2D eigenvalue weighted by molar-refractivity contribution is -0.116. The molecule has 1 saturated heterocycles. The van der Waals surface area contributed by atoms with Gasteiger partial charge in [-0.1, -0.05) is 24.3 Å². The Balaban J connectivity index is 1.41. The van der Waals surface area contributed by atoms with E-state index in [0.29, 0.717) is 25.6 Å². The minimum atomic E-state index is 0.0924. The monoisotopic (exact) mass is 382 g/mol. The Hall–Kier alpha value is -2.37. The van der Waals surface area contributed by atoms with E-state index in [-0.39, 0.29) is 5.91 Å². The van der Waals surface area contributed by atoms with Crippen LogP contribution >= 0.6 is 0 Å². The van der Waals surface area contributed by atoms with Gasteiger partial charge in [-0.05, 0) is 73.7 Å². The van der Waals surface area contributed by atoms with E-state index < -0.39 is 0 Å². The number of benzene rings is 2. The fraction of sp³-hybridized carbons (Fsp3) is 0.435. The van der Waals surface area contributed by atoms with Crippen LogP contribution in [0.4, 0.5) is 5.69 Å². The van der Waals surface area contributed by atoms with Gasteiger partial charge in [-0.3, -0.25) is 4.79 Å². The molecule has 0 radical (unpaired) electrons. The molecule has 0 spiro atoms. The Morgan fingerprint density at radius 3 is 2.57 bits per heavy atom. The first-order valence-corrected chi connectivity index (χ1v) is 10.0. The highest BCUT2D eigenvalue weighted by atomic mass is 16.5. The van der Waals surface area contributed by atoms with Crippen molar-refractivity contribution in [2.45, 2.75) is 38.9 Å². The number of nitrogens with one attached hydrogen (secondary N) is 2. The van der Waals surface area contributed by atoms with Crippen LogP contribution in [-0.2, 0) is 22.7 Å². The summed E-state index contributed by atoms with van der Waals surface area (Å²) in [4.78, 5) is 12.2. The molecule has 1 heterocycles. The maximum absolute atomic E-state index is 12.2. The van der Waals surface area contributed by atoms with E-state index >= 15 is 0 Å². The highest BCUT2D eigenvalue weighted by Crippen LogP contribution is 2.19. The van der Waals surface area contributed by atoms with Crippen molar-refractivity contribution in [2.24, 2.45) is 5.92 Å². The third-order valence-electron chi connectivity index (χ3n) is 5.15. The highest BCUT2D eigenvalue weighted by Gasteiger charge is 2.14. The van der Waals surface area contributed by atoms with Crippen molar-refractivity contribution in [3.8, 4) is 5.75 Å². The molecule has 2 aromatic rings. The van der Waals surface area contributed by atoms with Crippen molar-refractivity contribution in [3.63, 3.8) is 0 Å². The summed E-state index contributed by atoms with van der Waals surface area (Å²) in [6.07, 6.45) is 3.91. The number of anilines is 1. The molecule has 0 aliphatic carbocycles. The molecule has 1 fully saturated rings. The van der Waals surface area contributed by atoms with Crippen LogP contribution in [0, 0.1) is 5.92 Å². The minimum Gasteiger partial charge on any atom is -0.497 e. The fourth-order valence-corrected chi connectivity index (χ4v) is 3.48. The van der Waals surface area contributed by atoms with Gasteiger partial charge in [0, 0.05) is 12.1 Å². The van der Waals surface area contributed by atoms with Crippen LogP contribution in [-0.4, -0.2) is 26.1 Å². The second kappa shape index (κ2) is 10.8. The van der Waals surface area contributed by atoms with Gasteiger partial charge < -0.3 is 20.1 Å². The molecule has 0 saturated carbocycles. The fourth-order valence-electron chi connectivity index (χ4n) is 3.48. The van der Waals surface area contributed by atoms with Gasteiger partial charge in [0.2, 0.25) is 5.91 Å². The normalized spacial score (nSPS) is 14.6. The first-order valence-electron chi connectivity index (χ1n) is 10.0. The lowest BCUT2D eigenvalue weighted by Gasteiger charge is -2.22. The van der Waals surface area contributed by atoms with Crippen molar-refractivity contribution >= 4 is 11.6 Å². The Bertz CT molecular complexity index is 740. The van der Waals surface area contributed by atoms with Crippen LogP contribution in [0.2, 0.25) is 0 Å². The first-order chi connectivity index (χ1) is 13.7. The lowest BCUT2D eigenvalue weighted by atomic mass is 9.93. The number of carbonyl (C=O) groups excluding carboxylic acids is 1. The number of methoxy groups -OCH3 is 1. The zero-order valence-corrected chi connectivity index (χ0v) is 16.6. The zero-order valence-electron chi connectivity index (χ0n) is 16.6. The van der Waals surface area contributed by atoms with Crippen LogP contribution in [0.5, 0.6) is 5.75 Å². The summed E-state index contributed by atoms with van der Waals surface area (Å²) in [6, 6.07) is 15.7. The summed E-state index contributed by atoms with van der Waals surface area (Å²) in [5.74, 6) is 1.60. The third-order valence-corrected chi connectivity index (χ3v) is 5.15. The largest absolute Gasteiger partial charge is 0.497 e. The first kappa shape index (κ1) is 20.4. The number of hydrogen-bond acceptors (Lipinski definition) is 4. The smallest absolute Gasteiger partial charge is 0.224 e. The number of amides is 1. The van der Waals surface area contributed by atoms with Crippen molar-refractivity contribution < 1.29 is 14.3 Å². The molecule has 0 aromatic heterocycles. The van der Waals surface area contributed by atoms with E-state index in [1.165, 1.54) is 12.8 Å². The molecule has 1 aliphatic heterocycles. The second-order valence-electron chi connectivity index (χ2n) is 7.32. The van der Waals surface area contributed by atoms with E-state index in [0.717, 1.165) is 42.1 Å². The number of piperidine rings is 1. The van der Waals surface area contributed by atoms with Gasteiger partial charge in [0.25, 0.3) is 0 Å². The van der Waals surface area contributed by atoms with Crippen LogP contribution in [0.15, 0.2) is 48.5 Å². The molecule has 1 amide bonds. The van der Waals surface area contributed by atoms with E-state index in [1.54, 1.807) is 7.11 Å². The molecular weight excluding hydrogens is 352 g/mol. The van der Waals surface area contributed by atoms with Crippen LogP contribution < -0.4 is 15.4 Å². The van der Waals surface area contributed by atoms with E-state index in [9.17, 15) is 4.79 Å². The quantitative estimate of drug-likeness (QED) is 0.685. The van der Waals surface area contributed by atoms with Crippen LogP contribution in [0.25, 0.3) is 0 Å². The molecule has 2 N–H and O–H groups in total. The molecule has 0 unspecified atom stereocenters. The molecule has 0 bridgehead atoms. The van der Waals surface area contributed by atoms with E-state index in [1.807, 2.05) is 48.5 Å². The Morgan fingerprint density at radius 1 is 1.07 bits per heavy atom. The van der Waals surface area contributed by atoms with Gasteiger partial charge in [-0.2, -0.15) is 0 Å². The Morgan fingerprint density at radius 2 is 1.82 bits per heavy atom. The van der Waals surface area contributed by atoms with Crippen molar-refractivity contribution in [2.75, 3.05) is 25.5 Å². The summed E-state index contributed by atoms with van der Waals surface area (Å²) < 4.78 is 11.0. The van der Waals surface area contributed by atoms with Gasteiger partial charge in [-0.25, -0.2) is 0 Å². The number of ether oxygens (including phenoxy) is 2. The highest BCUT2D eigenvalue weighted by molar-refractivity contribution is 5.90. The lowest BCUT2D eigenvalue weighted by Crippen LogP contribution is -2.28. The Kier molecular flexibility index (Phi) is 7.88. The molecule has 5 nitrogen and oxygen atoms in total. The summed E-state index contributed by atoms with van der Waals surface area (Å²) in [6.45, 7) is 3.19. The number of hydrogen-bond donors (Lipinski definition) is 2. The maximum Gasteiger partial charge on any atom is 0.224 e. The molecule has 2 aromatic carbocycles. The summed E-state index contributed by atoms with van der Waals surface area (Å²) in [5.41, 5.74) is 2.98. The van der Waals surface area contributed by atoms with E-state index in [2.05, 4.69) is 10.6 Å². The number of rotatable bonds is 9. The predicted octanol–water partition coefficient (Wildman–Crippen LogP) is 4.13.